The Kier molecular flexibility index (Phi) is 8.56. The molecular formula is C38H44F2N8O3. The van der Waals surface area contributed by atoms with Crippen molar-refractivity contribution in [1.82, 2.24) is 29.5 Å². The number of carbonyl (C=O) groups is 1. The zero-order valence-corrected chi connectivity index (χ0v) is 29.5. The summed E-state index contributed by atoms with van der Waals surface area (Å²) in [5, 5.41) is 17.0. The third kappa shape index (κ3) is 5.94. The van der Waals surface area contributed by atoms with Crippen molar-refractivity contribution in [2.24, 2.45) is 0 Å². The summed E-state index contributed by atoms with van der Waals surface area (Å²) in [4.78, 5) is 31.1. The van der Waals surface area contributed by atoms with E-state index >= 15 is 4.39 Å². The first-order valence-electron chi connectivity index (χ1n) is 17.9. The van der Waals surface area contributed by atoms with Crippen molar-refractivity contribution in [1.29, 1.82) is 0 Å². The molecule has 2 aromatic heterocycles. The topological polar surface area (TPSA) is 103 Å². The molecule has 8 rings (SSSR count). The maximum atomic E-state index is 15.1. The second-order valence-corrected chi connectivity index (χ2v) is 14.6. The minimum Gasteiger partial charge on any atom is -0.508 e. The molecule has 0 bridgehead atoms. The molecule has 0 radical (unpaired) electrons. The second kappa shape index (κ2) is 13.1. The van der Waals surface area contributed by atoms with Gasteiger partial charge in [-0.3, -0.25) is 14.4 Å². The van der Waals surface area contributed by atoms with Gasteiger partial charge in [-0.2, -0.15) is 15.1 Å². The Labute approximate surface area is 296 Å². The van der Waals surface area contributed by atoms with Crippen molar-refractivity contribution in [3.63, 3.8) is 0 Å². The van der Waals surface area contributed by atoms with Crippen molar-refractivity contribution < 1.29 is 23.4 Å². The van der Waals surface area contributed by atoms with Crippen LogP contribution in [0, 0.1) is 5.82 Å². The number of carbonyl (C=O) groups excluding carboxylic acids is 1. The number of aromatic hydroxyl groups is 1. The standard InChI is InChI=1S/C38H44F2N8O3/c1-4-28-30(40)8-7-25-15-27(49)17-33(34(25)28)45-14-9-29-32(22-45)41-37(51-23-38-10-5-12-47(38)20-24(18-38)19-39)42-35(29)46-11-6-13-48-26(21-46)16-31(43-48)36(50)44(2)3/h7-8,15-17,19,49H,4-6,9-14,18,20-23H2,1-3H3/b24-19-. The van der Waals surface area contributed by atoms with Gasteiger partial charge in [0.2, 0.25) is 0 Å². The van der Waals surface area contributed by atoms with Crippen molar-refractivity contribution in [3.05, 3.63) is 76.3 Å². The lowest BCUT2D eigenvalue weighted by Gasteiger charge is -2.35. The highest BCUT2D eigenvalue weighted by Crippen LogP contribution is 2.43. The Morgan fingerprint density at radius 1 is 1.06 bits per heavy atom. The molecule has 1 atom stereocenters. The molecule has 51 heavy (non-hydrogen) atoms. The third-order valence-electron chi connectivity index (χ3n) is 11.1. The number of aryl methyl sites for hydroxylation is 2. The summed E-state index contributed by atoms with van der Waals surface area (Å²) in [6.07, 6.45) is 5.27. The molecule has 13 heteroatoms. The summed E-state index contributed by atoms with van der Waals surface area (Å²) in [7, 11) is 3.45. The lowest BCUT2D eigenvalue weighted by molar-refractivity contribution is 0.0821. The van der Waals surface area contributed by atoms with Crippen LogP contribution in [0.1, 0.15) is 65.6 Å². The van der Waals surface area contributed by atoms with Gasteiger partial charge in [-0.1, -0.05) is 13.0 Å². The highest BCUT2D eigenvalue weighted by atomic mass is 19.1. The average molecular weight is 699 g/mol. The molecule has 1 unspecified atom stereocenters. The summed E-state index contributed by atoms with van der Waals surface area (Å²) in [6, 6.07) is 8.73. The van der Waals surface area contributed by atoms with Crippen LogP contribution in [0.4, 0.5) is 20.3 Å². The van der Waals surface area contributed by atoms with E-state index in [1.54, 1.807) is 32.3 Å². The number of ether oxygens (including phenoxy) is 1. The zero-order valence-electron chi connectivity index (χ0n) is 29.5. The number of hydrogen-bond acceptors (Lipinski definition) is 9. The molecule has 11 nitrogen and oxygen atoms in total. The number of benzene rings is 2. The summed E-state index contributed by atoms with van der Waals surface area (Å²) in [5.41, 5.74) is 5.07. The molecular weight excluding hydrogens is 654 g/mol. The molecule has 268 valence electrons. The van der Waals surface area contributed by atoms with Crippen molar-refractivity contribution in [2.45, 2.75) is 70.6 Å². The second-order valence-electron chi connectivity index (χ2n) is 14.6. The summed E-state index contributed by atoms with van der Waals surface area (Å²) in [6.45, 7) is 6.77. The van der Waals surface area contributed by atoms with E-state index in [-0.39, 0.29) is 29.0 Å². The molecule has 4 aromatic rings. The minimum absolute atomic E-state index is 0.122. The molecule has 6 heterocycles. The molecule has 0 aliphatic carbocycles. The van der Waals surface area contributed by atoms with Crippen LogP contribution >= 0.6 is 0 Å². The number of amides is 1. The number of aromatic nitrogens is 4. The first-order chi connectivity index (χ1) is 24.7. The summed E-state index contributed by atoms with van der Waals surface area (Å²) < 4.78 is 37.2. The number of hydrogen-bond donors (Lipinski definition) is 1. The quantitative estimate of drug-likeness (QED) is 0.273. The predicted molar refractivity (Wildman–Crippen MR) is 190 cm³/mol. The van der Waals surface area contributed by atoms with Crippen LogP contribution in [0.5, 0.6) is 11.8 Å². The summed E-state index contributed by atoms with van der Waals surface area (Å²) >= 11 is 0. The van der Waals surface area contributed by atoms with Gasteiger partial charge in [0.15, 0.2) is 5.69 Å². The smallest absolute Gasteiger partial charge is 0.318 e. The van der Waals surface area contributed by atoms with E-state index in [4.69, 9.17) is 14.7 Å². The molecule has 0 saturated carbocycles. The average Bonchev–Trinajstić information content (AvgIpc) is 3.77. The van der Waals surface area contributed by atoms with Crippen molar-refractivity contribution in [3.8, 4) is 11.8 Å². The Bertz CT molecular complexity index is 2050. The normalized spacial score (nSPS) is 21.2. The Hall–Kier alpha value is -4.78. The SMILES string of the molecule is CCc1c(F)ccc2cc(O)cc(N3CCc4c(nc(OCC56CCCN5C/C(=C\F)C6)nc4N4CCCn5nc(C(=O)N(C)C)cc5C4)C3)c12. The van der Waals surface area contributed by atoms with E-state index in [9.17, 15) is 14.3 Å². The molecule has 2 fully saturated rings. The van der Waals surface area contributed by atoms with Gasteiger partial charge < -0.3 is 24.5 Å². The fourth-order valence-electron chi connectivity index (χ4n) is 8.62. The lowest BCUT2D eigenvalue weighted by atomic mass is 9.94. The Balaban J connectivity index is 1.17. The van der Waals surface area contributed by atoms with Gasteiger partial charge in [0.25, 0.3) is 5.91 Å². The molecule has 0 spiro atoms. The first kappa shape index (κ1) is 33.4. The van der Waals surface area contributed by atoms with E-state index in [0.29, 0.717) is 69.9 Å². The largest absolute Gasteiger partial charge is 0.508 e. The van der Waals surface area contributed by atoms with Crippen LogP contribution in [0.25, 0.3) is 10.8 Å². The molecule has 1 N–H and O–H groups in total. The highest BCUT2D eigenvalue weighted by molar-refractivity contribution is 5.98. The number of rotatable bonds is 7. The predicted octanol–water partition coefficient (Wildman–Crippen LogP) is 5.38. The molecule has 4 aliphatic heterocycles. The number of nitrogens with zero attached hydrogens (tertiary/aromatic N) is 8. The maximum Gasteiger partial charge on any atom is 0.318 e. The van der Waals surface area contributed by atoms with Gasteiger partial charge in [-0.05, 0) is 79.8 Å². The van der Waals surface area contributed by atoms with Crippen LogP contribution < -0.4 is 14.5 Å². The molecule has 4 aliphatic rings. The van der Waals surface area contributed by atoms with Crippen LogP contribution in [0.2, 0.25) is 0 Å². The molecule has 1 amide bonds. The first-order valence-corrected chi connectivity index (χ1v) is 17.9. The fourth-order valence-corrected chi connectivity index (χ4v) is 8.62. The van der Waals surface area contributed by atoms with E-state index in [1.165, 1.54) is 11.0 Å². The van der Waals surface area contributed by atoms with E-state index < -0.39 is 0 Å². The zero-order chi connectivity index (χ0) is 35.4. The monoisotopic (exact) mass is 698 g/mol. The highest BCUT2D eigenvalue weighted by Gasteiger charge is 2.47. The Morgan fingerprint density at radius 2 is 1.92 bits per heavy atom. The number of phenolic OH excluding ortho intramolecular Hbond substituents is 1. The van der Waals surface area contributed by atoms with Gasteiger partial charge in [-0.15, -0.1) is 0 Å². The van der Waals surface area contributed by atoms with Gasteiger partial charge in [0.05, 0.1) is 36.3 Å². The maximum absolute atomic E-state index is 15.1. The molecule has 2 aromatic carbocycles. The van der Waals surface area contributed by atoms with Gasteiger partial charge in [0.1, 0.15) is 24.0 Å². The van der Waals surface area contributed by atoms with Gasteiger partial charge in [-0.25, -0.2) is 8.78 Å². The number of fused-ring (bicyclic) bond motifs is 4. The van der Waals surface area contributed by atoms with Crippen LogP contribution in [-0.4, -0.2) is 93.0 Å². The van der Waals surface area contributed by atoms with Crippen LogP contribution in [-0.2, 0) is 32.5 Å². The van der Waals surface area contributed by atoms with E-state index in [0.717, 1.165) is 83.5 Å². The van der Waals surface area contributed by atoms with Crippen LogP contribution in [0.3, 0.4) is 0 Å². The van der Waals surface area contributed by atoms with Gasteiger partial charge >= 0.3 is 6.01 Å². The molecule has 2 saturated heterocycles. The minimum atomic E-state index is -0.283. The number of anilines is 2. The summed E-state index contributed by atoms with van der Waals surface area (Å²) in [5.74, 6) is 0.517. The number of halogens is 2. The number of phenols is 1. The van der Waals surface area contributed by atoms with Crippen molar-refractivity contribution in [2.75, 3.05) is 56.7 Å². The van der Waals surface area contributed by atoms with Crippen molar-refractivity contribution >= 4 is 28.2 Å². The van der Waals surface area contributed by atoms with E-state index in [1.807, 2.05) is 17.7 Å². The Morgan fingerprint density at radius 3 is 2.73 bits per heavy atom. The van der Waals surface area contributed by atoms with E-state index in [2.05, 4.69) is 19.8 Å². The lowest BCUT2D eigenvalue weighted by Crippen LogP contribution is -2.43. The fraction of sp³-hybridized carbons (Fsp3) is 0.474. The third-order valence-corrected chi connectivity index (χ3v) is 11.1. The van der Waals surface area contributed by atoms with Crippen LogP contribution in [0.15, 0.2) is 42.2 Å². The van der Waals surface area contributed by atoms with Gasteiger partial charge in [0, 0.05) is 63.0 Å².